The van der Waals surface area contributed by atoms with Crippen molar-refractivity contribution in [3.8, 4) is 0 Å². The molecule has 3 rings (SSSR count). The fourth-order valence-electron chi connectivity index (χ4n) is 3.88. The number of rotatable bonds is 10. The van der Waals surface area contributed by atoms with Gasteiger partial charge in [0.15, 0.2) is 0 Å². The predicted molar refractivity (Wildman–Crippen MR) is 144 cm³/mol. The molecular weight excluding hydrogens is 422 g/mol. The van der Waals surface area contributed by atoms with Crippen molar-refractivity contribution in [1.29, 1.82) is 0 Å². The van der Waals surface area contributed by atoms with Crippen LogP contribution in [0.1, 0.15) is 32.9 Å². The van der Waals surface area contributed by atoms with Crippen molar-refractivity contribution in [3.63, 3.8) is 0 Å². The molecule has 0 amide bonds. The smallest absolute Gasteiger partial charge is 0.226 e. The molecule has 1 aromatic heterocycles. The second-order valence-electron chi connectivity index (χ2n) is 8.43. The van der Waals surface area contributed by atoms with Crippen LogP contribution >= 0.6 is 0 Å². The van der Waals surface area contributed by atoms with Crippen molar-refractivity contribution in [2.45, 2.75) is 27.2 Å². The Morgan fingerprint density at radius 3 is 2.71 bits per heavy atom. The van der Waals surface area contributed by atoms with Gasteiger partial charge >= 0.3 is 0 Å². The number of nitrogens with one attached hydrogen (secondary N) is 2. The number of hydrogen-bond donors (Lipinski definition) is 2. The third-order valence-electron chi connectivity index (χ3n) is 5.93. The highest BCUT2D eigenvalue weighted by atomic mass is 15.3. The van der Waals surface area contributed by atoms with Crippen LogP contribution in [0.3, 0.4) is 0 Å². The molecule has 0 aliphatic carbocycles. The molecule has 3 heterocycles. The van der Waals surface area contributed by atoms with Crippen LogP contribution in [0.4, 0.5) is 5.95 Å². The van der Waals surface area contributed by atoms with E-state index >= 15 is 0 Å². The summed E-state index contributed by atoms with van der Waals surface area (Å²) >= 11 is 0. The summed E-state index contributed by atoms with van der Waals surface area (Å²) in [5, 5.41) is 6.84. The van der Waals surface area contributed by atoms with Crippen molar-refractivity contribution in [2.24, 2.45) is 4.99 Å². The second kappa shape index (κ2) is 12.1. The van der Waals surface area contributed by atoms with E-state index in [2.05, 4.69) is 70.1 Å². The van der Waals surface area contributed by atoms with Gasteiger partial charge in [-0.05, 0) is 49.6 Å². The van der Waals surface area contributed by atoms with Crippen molar-refractivity contribution in [2.75, 3.05) is 44.2 Å². The van der Waals surface area contributed by atoms with Crippen LogP contribution in [0, 0.1) is 0 Å². The summed E-state index contributed by atoms with van der Waals surface area (Å²) in [7, 11) is 0. The molecule has 0 saturated carbocycles. The van der Waals surface area contributed by atoms with E-state index in [9.17, 15) is 0 Å². The normalized spacial score (nSPS) is 17.5. The Labute approximate surface area is 204 Å². The number of hydrogen-bond acceptors (Lipinski definition) is 7. The number of aromatic nitrogens is 2. The molecule has 180 valence electrons. The fourth-order valence-corrected chi connectivity index (χ4v) is 3.88. The highest BCUT2D eigenvalue weighted by molar-refractivity contribution is 5.83. The summed E-state index contributed by atoms with van der Waals surface area (Å²) < 4.78 is 0. The van der Waals surface area contributed by atoms with Crippen molar-refractivity contribution in [1.82, 2.24) is 25.5 Å². The highest BCUT2D eigenvalue weighted by Gasteiger charge is 2.21. The van der Waals surface area contributed by atoms with Gasteiger partial charge in [-0.25, -0.2) is 9.97 Å². The SMILES string of the molecule is C=C/C(NC(=C)c1ccnc(N2CC(C)=C(C=NC(=C)CC)C2)n1)=C(\C=C/C)N1CCNCC1. The molecule has 0 aromatic carbocycles. The minimum Gasteiger partial charge on any atom is -0.367 e. The number of nitrogens with zero attached hydrogens (tertiary/aromatic N) is 5. The number of allylic oxidation sites excluding steroid dienone is 4. The molecule has 2 N–H and O–H groups in total. The first-order chi connectivity index (χ1) is 16.5. The van der Waals surface area contributed by atoms with Crippen LogP contribution in [0.2, 0.25) is 0 Å². The molecule has 0 spiro atoms. The maximum atomic E-state index is 4.81. The van der Waals surface area contributed by atoms with Crippen LogP contribution in [-0.2, 0) is 0 Å². The summed E-state index contributed by atoms with van der Waals surface area (Å²) in [4.78, 5) is 18.3. The third-order valence-corrected chi connectivity index (χ3v) is 5.93. The quantitative estimate of drug-likeness (QED) is 0.406. The first-order valence-corrected chi connectivity index (χ1v) is 11.9. The zero-order valence-corrected chi connectivity index (χ0v) is 20.8. The summed E-state index contributed by atoms with van der Waals surface area (Å²) in [5.74, 6) is 0.678. The first-order valence-electron chi connectivity index (χ1n) is 11.9. The lowest BCUT2D eigenvalue weighted by Gasteiger charge is -2.32. The first kappa shape index (κ1) is 25.2. The van der Waals surface area contributed by atoms with Gasteiger partial charge in [0.05, 0.1) is 22.8 Å². The minimum atomic E-state index is 0.678. The maximum absolute atomic E-state index is 4.81. The second-order valence-corrected chi connectivity index (χ2v) is 8.43. The molecule has 1 fully saturated rings. The Balaban J connectivity index is 1.76. The van der Waals surface area contributed by atoms with Gasteiger partial charge in [-0.2, -0.15) is 0 Å². The van der Waals surface area contributed by atoms with Crippen LogP contribution in [-0.4, -0.2) is 60.4 Å². The van der Waals surface area contributed by atoms with Crippen molar-refractivity contribution >= 4 is 17.9 Å². The molecule has 0 atom stereocenters. The van der Waals surface area contributed by atoms with E-state index in [0.29, 0.717) is 11.6 Å². The standard InChI is InChI=1S/C27H37N7/c1-7-10-26(33-15-13-28-14-16-33)24(9-3)31-22(6)25-11-12-29-27(32-25)34-18-20(4)23(19-34)17-30-21(5)8-2/h7,9-12,17,28,31H,3,5-6,8,13-16,18-19H2,1-2,4H3/b10-7-,26-24-,30-17?. The Bertz CT molecular complexity index is 1040. The van der Waals surface area contributed by atoms with Gasteiger partial charge in [0.25, 0.3) is 0 Å². The van der Waals surface area contributed by atoms with E-state index in [1.807, 2.05) is 31.4 Å². The number of piperazine rings is 1. The van der Waals surface area contributed by atoms with Gasteiger partial charge in [-0.1, -0.05) is 32.7 Å². The topological polar surface area (TPSA) is 68.7 Å². The van der Waals surface area contributed by atoms with Crippen molar-refractivity contribution < 1.29 is 0 Å². The highest BCUT2D eigenvalue weighted by Crippen LogP contribution is 2.22. The molecule has 0 radical (unpaired) electrons. The van der Waals surface area contributed by atoms with Gasteiger partial charge < -0.3 is 20.4 Å². The number of aliphatic imine (C=N–C) groups is 1. The predicted octanol–water partition coefficient (Wildman–Crippen LogP) is 4.05. The summed E-state index contributed by atoms with van der Waals surface area (Å²) in [5.41, 5.74) is 6.81. The van der Waals surface area contributed by atoms with Gasteiger partial charge in [-0.15, -0.1) is 0 Å². The van der Waals surface area contributed by atoms with E-state index in [-0.39, 0.29) is 0 Å². The van der Waals surface area contributed by atoms with Crippen LogP contribution < -0.4 is 15.5 Å². The average Bonchev–Trinajstić information content (AvgIpc) is 3.25. The molecule has 0 unspecified atom stereocenters. The molecule has 1 saturated heterocycles. The zero-order valence-electron chi connectivity index (χ0n) is 20.8. The molecule has 2 aliphatic heterocycles. The molecule has 7 nitrogen and oxygen atoms in total. The summed E-state index contributed by atoms with van der Waals surface area (Å²) in [6.07, 6.45) is 10.6. The zero-order chi connectivity index (χ0) is 24.5. The molecule has 7 heteroatoms. The third kappa shape index (κ3) is 6.32. The molecular formula is C27H37N7. The maximum Gasteiger partial charge on any atom is 0.226 e. The monoisotopic (exact) mass is 459 g/mol. The van der Waals surface area contributed by atoms with Gasteiger partial charge in [0.1, 0.15) is 0 Å². The summed E-state index contributed by atoms with van der Waals surface area (Å²) in [6, 6.07) is 1.88. The average molecular weight is 460 g/mol. The minimum absolute atomic E-state index is 0.678. The number of anilines is 1. The van der Waals surface area contributed by atoms with Crippen molar-refractivity contribution in [3.05, 3.63) is 84.2 Å². The molecule has 0 bridgehead atoms. The lowest BCUT2D eigenvalue weighted by Crippen LogP contribution is -2.43. The van der Waals surface area contributed by atoms with Crippen LogP contribution in [0.25, 0.3) is 5.70 Å². The largest absolute Gasteiger partial charge is 0.367 e. The lowest BCUT2D eigenvalue weighted by atomic mass is 10.2. The Morgan fingerprint density at radius 2 is 2.03 bits per heavy atom. The van der Waals surface area contributed by atoms with Crippen LogP contribution in [0.15, 0.2) is 83.5 Å². The van der Waals surface area contributed by atoms with Crippen LogP contribution in [0.5, 0.6) is 0 Å². The van der Waals surface area contributed by atoms with E-state index in [1.54, 1.807) is 6.20 Å². The van der Waals surface area contributed by atoms with Gasteiger partial charge in [0.2, 0.25) is 5.95 Å². The van der Waals surface area contributed by atoms with Gasteiger partial charge in [0, 0.05) is 57.4 Å². The fraction of sp³-hybridized carbons (Fsp3) is 0.370. The Morgan fingerprint density at radius 1 is 1.26 bits per heavy atom. The van der Waals surface area contributed by atoms with E-state index in [4.69, 9.17) is 4.98 Å². The lowest BCUT2D eigenvalue weighted by molar-refractivity contribution is 0.304. The Hall–Kier alpha value is -3.45. The molecule has 2 aliphatic rings. The Kier molecular flexibility index (Phi) is 8.99. The van der Waals surface area contributed by atoms with E-state index in [1.165, 1.54) is 11.1 Å². The molecule has 1 aromatic rings. The van der Waals surface area contributed by atoms with Gasteiger partial charge in [-0.3, -0.25) is 4.99 Å². The summed E-state index contributed by atoms with van der Waals surface area (Å²) in [6.45, 7) is 23.8. The molecule has 34 heavy (non-hydrogen) atoms. The van der Waals surface area contributed by atoms with E-state index in [0.717, 1.165) is 68.5 Å². The van der Waals surface area contributed by atoms with E-state index < -0.39 is 0 Å².